The molecule has 0 aliphatic carbocycles. The number of carbonyl (C=O) groups is 1. The van der Waals surface area contributed by atoms with Crippen molar-refractivity contribution in [3.05, 3.63) is 108 Å². The van der Waals surface area contributed by atoms with Gasteiger partial charge in [-0.1, -0.05) is 78.9 Å². The van der Waals surface area contributed by atoms with E-state index >= 15 is 0 Å². The third-order valence-corrected chi connectivity index (χ3v) is 7.55. The van der Waals surface area contributed by atoms with E-state index < -0.39 is 0 Å². The van der Waals surface area contributed by atoms with Gasteiger partial charge in [-0.05, 0) is 35.6 Å². The highest BCUT2D eigenvalue weighted by atomic mass is 16.5. The molecule has 6 nitrogen and oxygen atoms in total. The maximum Gasteiger partial charge on any atom is 0.251 e. The van der Waals surface area contributed by atoms with Gasteiger partial charge in [0, 0.05) is 37.8 Å². The van der Waals surface area contributed by atoms with Crippen molar-refractivity contribution in [3.63, 3.8) is 0 Å². The highest BCUT2D eigenvalue weighted by Gasteiger charge is 2.41. The van der Waals surface area contributed by atoms with E-state index in [1.807, 2.05) is 30.3 Å². The molecule has 2 aliphatic rings. The average molecular weight is 485 g/mol. The van der Waals surface area contributed by atoms with E-state index in [0.29, 0.717) is 12.1 Å². The van der Waals surface area contributed by atoms with Crippen LogP contribution in [0.3, 0.4) is 0 Å². The molecule has 0 spiro atoms. The first-order valence-corrected chi connectivity index (χ1v) is 13.0. The SMILES string of the molecule is NC1CC(CNC(=O)c2ccccc2)C(N2CCOCC2)CN1C(c1ccccc1)c1ccccc1. The zero-order chi connectivity index (χ0) is 24.7. The molecule has 3 N–H and O–H groups in total. The van der Waals surface area contributed by atoms with Gasteiger partial charge in [-0.2, -0.15) is 0 Å². The first kappa shape index (κ1) is 24.7. The van der Waals surface area contributed by atoms with Crippen molar-refractivity contribution < 1.29 is 9.53 Å². The Labute approximate surface area is 214 Å². The summed E-state index contributed by atoms with van der Waals surface area (Å²) in [6.07, 6.45) is 0.694. The first-order chi connectivity index (χ1) is 17.7. The van der Waals surface area contributed by atoms with Crippen molar-refractivity contribution in [2.45, 2.75) is 24.7 Å². The van der Waals surface area contributed by atoms with Gasteiger partial charge >= 0.3 is 0 Å². The number of hydrogen-bond acceptors (Lipinski definition) is 5. The van der Waals surface area contributed by atoms with Crippen LogP contribution >= 0.6 is 0 Å². The number of nitrogens with one attached hydrogen (secondary N) is 1. The molecule has 0 bridgehead atoms. The van der Waals surface area contributed by atoms with Crippen molar-refractivity contribution >= 4 is 5.91 Å². The van der Waals surface area contributed by atoms with Gasteiger partial charge in [0.2, 0.25) is 0 Å². The fourth-order valence-electron chi connectivity index (χ4n) is 5.70. The minimum absolute atomic E-state index is 0.0289. The second-order valence-corrected chi connectivity index (χ2v) is 9.78. The highest BCUT2D eigenvalue weighted by Crippen LogP contribution is 2.36. The highest BCUT2D eigenvalue weighted by molar-refractivity contribution is 5.94. The molecule has 2 aliphatic heterocycles. The number of hydrogen-bond donors (Lipinski definition) is 2. The minimum Gasteiger partial charge on any atom is -0.379 e. The Morgan fingerprint density at radius 2 is 1.44 bits per heavy atom. The molecule has 3 atom stereocenters. The summed E-state index contributed by atoms with van der Waals surface area (Å²) in [5.41, 5.74) is 10.1. The first-order valence-electron chi connectivity index (χ1n) is 13.0. The van der Waals surface area contributed by atoms with Gasteiger partial charge in [-0.15, -0.1) is 0 Å². The molecule has 1 amide bonds. The van der Waals surface area contributed by atoms with Crippen molar-refractivity contribution in [2.75, 3.05) is 39.4 Å². The minimum atomic E-state index is -0.119. The Bertz CT molecular complexity index is 1050. The van der Waals surface area contributed by atoms with Gasteiger partial charge in [0.05, 0.1) is 25.4 Å². The molecule has 3 unspecified atom stereocenters. The molecule has 3 aromatic carbocycles. The average Bonchev–Trinajstić information content (AvgIpc) is 2.95. The number of nitrogens with two attached hydrogens (primary N) is 1. The Balaban J connectivity index is 1.40. The molecule has 0 aromatic heterocycles. The Morgan fingerprint density at radius 3 is 2.03 bits per heavy atom. The summed E-state index contributed by atoms with van der Waals surface area (Å²) in [6.45, 7) is 4.73. The maximum absolute atomic E-state index is 12.8. The number of benzene rings is 3. The van der Waals surface area contributed by atoms with Gasteiger partial charge < -0.3 is 15.8 Å². The summed E-state index contributed by atoms with van der Waals surface area (Å²) < 4.78 is 5.67. The fraction of sp³-hybridized carbons (Fsp3) is 0.367. The number of amides is 1. The predicted octanol–water partition coefficient (Wildman–Crippen LogP) is 3.51. The zero-order valence-corrected chi connectivity index (χ0v) is 20.7. The molecule has 3 aromatic rings. The van der Waals surface area contributed by atoms with E-state index in [1.54, 1.807) is 0 Å². The summed E-state index contributed by atoms with van der Waals surface area (Å²) in [7, 11) is 0. The van der Waals surface area contributed by atoms with Gasteiger partial charge in [-0.3, -0.25) is 14.6 Å². The second-order valence-electron chi connectivity index (χ2n) is 9.78. The molecule has 36 heavy (non-hydrogen) atoms. The number of piperidine rings is 1. The molecule has 2 fully saturated rings. The Morgan fingerprint density at radius 1 is 0.889 bits per heavy atom. The third-order valence-electron chi connectivity index (χ3n) is 7.55. The lowest BCUT2D eigenvalue weighted by Crippen LogP contribution is -2.62. The number of rotatable bonds is 7. The summed E-state index contributed by atoms with van der Waals surface area (Å²) in [5.74, 6) is 0.230. The number of morpholine rings is 1. The van der Waals surface area contributed by atoms with Crippen LogP contribution in [0.5, 0.6) is 0 Å². The van der Waals surface area contributed by atoms with E-state index in [-0.39, 0.29) is 30.1 Å². The number of nitrogens with zero attached hydrogens (tertiary/aromatic N) is 2. The van der Waals surface area contributed by atoms with E-state index in [9.17, 15) is 4.79 Å². The monoisotopic (exact) mass is 484 g/mol. The molecule has 2 saturated heterocycles. The van der Waals surface area contributed by atoms with Crippen molar-refractivity contribution in [2.24, 2.45) is 11.7 Å². The van der Waals surface area contributed by atoms with E-state index in [2.05, 4.69) is 75.8 Å². The Kier molecular flexibility index (Phi) is 8.08. The van der Waals surface area contributed by atoms with Gasteiger partial charge in [0.15, 0.2) is 0 Å². The summed E-state index contributed by atoms with van der Waals surface area (Å²) in [4.78, 5) is 17.8. The van der Waals surface area contributed by atoms with Crippen LogP contribution in [-0.4, -0.2) is 67.3 Å². The molecule has 0 radical (unpaired) electrons. The van der Waals surface area contributed by atoms with Crippen molar-refractivity contribution in [1.82, 2.24) is 15.1 Å². The van der Waals surface area contributed by atoms with Gasteiger partial charge in [-0.25, -0.2) is 0 Å². The number of ether oxygens (including phenoxy) is 1. The van der Waals surface area contributed by atoms with Crippen LogP contribution < -0.4 is 11.1 Å². The molecule has 5 rings (SSSR count). The van der Waals surface area contributed by atoms with E-state index in [1.165, 1.54) is 11.1 Å². The molecule has 188 valence electrons. The van der Waals surface area contributed by atoms with Crippen LogP contribution in [0, 0.1) is 5.92 Å². The van der Waals surface area contributed by atoms with Crippen molar-refractivity contribution in [1.29, 1.82) is 0 Å². The molecular weight excluding hydrogens is 448 g/mol. The molecule has 6 heteroatoms. The van der Waals surface area contributed by atoms with Crippen LogP contribution in [0.1, 0.15) is 33.9 Å². The molecular formula is C30H36N4O2. The third kappa shape index (κ3) is 5.68. The van der Waals surface area contributed by atoms with Gasteiger partial charge in [0.1, 0.15) is 0 Å². The van der Waals surface area contributed by atoms with Crippen LogP contribution in [-0.2, 0) is 4.74 Å². The van der Waals surface area contributed by atoms with Crippen LogP contribution in [0.25, 0.3) is 0 Å². The van der Waals surface area contributed by atoms with Crippen LogP contribution in [0.2, 0.25) is 0 Å². The maximum atomic E-state index is 12.8. The van der Waals surface area contributed by atoms with E-state index in [0.717, 1.165) is 39.3 Å². The number of likely N-dealkylation sites (tertiary alicyclic amines) is 1. The topological polar surface area (TPSA) is 70.8 Å². The normalized spacial score (nSPS) is 23.4. The lowest BCUT2D eigenvalue weighted by atomic mass is 9.85. The molecule has 2 heterocycles. The van der Waals surface area contributed by atoms with Crippen molar-refractivity contribution in [3.8, 4) is 0 Å². The quantitative estimate of drug-likeness (QED) is 0.537. The predicted molar refractivity (Wildman–Crippen MR) is 142 cm³/mol. The van der Waals surface area contributed by atoms with Crippen LogP contribution in [0.4, 0.5) is 0 Å². The Hall–Kier alpha value is -3.03. The summed E-state index contributed by atoms with van der Waals surface area (Å²) in [5, 5.41) is 3.19. The largest absolute Gasteiger partial charge is 0.379 e. The second kappa shape index (κ2) is 11.8. The standard InChI is InChI=1S/C30H36N4O2/c31-28-20-26(21-32-30(35)25-14-8-3-9-15-25)27(33-16-18-36-19-17-33)22-34(28)29(23-10-4-1-5-11-23)24-12-6-2-7-13-24/h1-15,26-29H,16-22,31H2,(H,32,35). The molecule has 0 saturated carbocycles. The number of carbonyl (C=O) groups excluding carboxylic acids is 1. The van der Waals surface area contributed by atoms with Gasteiger partial charge in [0.25, 0.3) is 5.91 Å². The fourth-order valence-corrected chi connectivity index (χ4v) is 5.70. The van der Waals surface area contributed by atoms with Crippen LogP contribution in [0.15, 0.2) is 91.0 Å². The summed E-state index contributed by atoms with van der Waals surface area (Å²) >= 11 is 0. The summed E-state index contributed by atoms with van der Waals surface area (Å²) in [6, 6.07) is 31.1. The smallest absolute Gasteiger partial charge is 0.251 e. The zero-order valence-electron chi connectivity index (χ0n) is 20.7. The van der Waals surface area contributed by atoms with E-state index in [4.69, 9.17) is 10.5 Å². The lowest BCUT2D eigenvalue weighted by molar-refractivity contribution is -0.0412. The lowest BCUT2D eigenvalue weighted by Gasteiger charge is -2.50.